The van der Waals surface area contributed by atoms with Gasteiger partial charge in [0.05, 0.1) is 16.8 Å². The third kappa shape index (κ3) is 3.92. The highest BCUT2D eigenvalue weighted by atomic mass is 35.5. The third-order valence-electron chi connectivity index (χ3n) is 4.62. The highest BCUT2D eigenvalue weighted by molar-refractivity contribution is 6.32. The molecule has 0 aliphatic heterocycles. The van der Waals surface area contributed by atoms with Crippen molar-refractivity contribution >= 4 is 17.5 Å². The summed E-state index contributed by atoms with van der Waals surface area (Å²) in [7, 11) is 0. The zero-order valence-electron chi connectivity index (χ0n) is 16.0. The maximum Gasteiger partial charge on any atom is 0.274 e. The number of halogens is 2. The molecular weight excluding hydrogens is 405 g/mol. The average Bonchev–Trinajstić information content (AvgIpc) is 3.20. The molecule has 2 heterocycles. The standard InChI is InChI=1S/C22H17ClFN5O/c1-14(15-8-10-17(24)11-9-15)26-22(30)20-21(16-5-4-12-25-13-16)29(28-27-20)19-7-3-2-6-18(19)23/h2-14H,1H3,(H,26,30)/t14-/m0/s1. The van der Waals surface area contributed by atoms with E-state index in [0.717, 1.165) is 5.56 Å². The summed E-state index contributed by atoms with van der Waals surface area (Å²) in [5, 5.41) is 11.7. The summed E-state index contributed by atoms with van der Waals surface area (Å²) in [5.74, 6) is -0.747. The SMILES string of the molecule is C[C@H](NC(=O)c1nnn(-c2ccccc2Cl)c1-c1cccnc1)c1ccc(F)cc1. The van der Waals surface area contributed by atoms with Crippen LogP contribution in [0.4, 0.5) is 4.39 Å². The maximum atomic E-state index is 13.2. The molecule has 2 aromatic heterocycles. The number of carbonyl (C=O) groups excluding carboxylic acids is 1. The zero-order valence-corrected chi connectivity index (χ0v) is 16.7. The molecule has 6 nitrogen and oxygen atoms in total. The summed E-state index contributed by atoms with van der Waals surface area (Å²) in [4.78, 5) is 17.2. The van der Waals surface area contributed by atoms with E-state index in [0.29, 0.717) is 22.0 Å². The highest BCUT2D eigenvalue weighted by Crippen LogP contribution is 2.28. The summed E-state index contributed by atoms with van der Waals surface area (Å²) >= 11 is 6.35. The average molecular weight is 422 g/mol. The Labute approximate surface area is 177 Å². The first kappa shape index (κ1) is 19.7. The van der Waals surface area contributed by atoms with Crippen molar-refractivity contribution in [3.05, 3.63) is 95.2 Å². The number of aromatic nitrogens is 4. The Morgan fingerprint density at radius 2 is 1.87 bits per heavy atom. The normalized spacial score (nSPS) is 11.8. The Morgan fingerprint density at radius 3 is 2.57 bits per heavy atom. The number of rotatable bonds is 5. The molecule has 0 saturated carbocycles. The van der Waals surface area contributed by atoms with Crippen molar-refractivity contribution in [3.63, 3.8) is 0 Å². The van der Waals surface area contributed by atoms with Gasteiger partial charge in [0.15, 0.2) is 5.69 Å². The highest BCUT2D eigenvalue weighted by Gasteiger charge is 2.24. The van der Waals surface area contributed by atoms with Crippen LogP contribution in [0.25, 0.3) is 16.9 Å². The van der Waals surface area contributed by atoms with Gasteiger partial charge >= 0.3 is 0 Å². The quantitative estimate of drug-likeness (QED) is 0.510. The van der Waals surface area contributed by atoms with Crippen LogP contribution in [0.15, 0.2) is 73.1 Å². The summed E-state index contributed by atoms with van der Waals surface area (Å²) in [6, 6.07) is 16.4. The molecule has 2 aromatic carbocycles. The largest absolute Gasteiger partial charge is 0.344 e. The second-order valence-electron chi connectivity index (χ2n) is 6.64. The van der Waals surface area contributed by atoms with Crippen molar-refractivity contribution < 1.29 is 9.18 Å². The zero-order chi connectivity index (χ0) is 21.1. The first-order valence-corrected chi connectivity index (χ1v) is 9.59. The molecule has 1 amide bonds. The van der Waals surface area contributed by atoms with E-state index in [4.69, 9.17) is 11.6 Å². The van der Waals surface area contributed by atoms with Gasteiger partial charge < -0.3 is 5.32 Å². The van der Waals surface area contributed by atoms with Crippen molar-refractivity contribution in [2.45, 2.75) is 13.0 Å². The van der Waals surface area contributed by atoms with Crippen LogP contribution in [-0.2, 0) is 0 Å². The fraction of sp³-hybridized carbons (Fsp3) is 0.0909. The number of amides is 1. The lowest BCUT2D eigenvalue weighted by Crippen LogP contribution is -2.27. The van der Waals surface area contributed by atoms with Crippen LogP contribution in [0, 0.1) is 5.82 Å². The molecule has 150 valence electrons. The van der Waals surface area contributed by atoms with Crippen LogP contribution < -0.4 is 5.32 Å². The number of hydrogen-bond acceptors (Lipinski definition) is 4. The maximum absolute atomic E-state index is 13.2. The first-order valence-electron chi connectivity index (χ1n) is 9.22. The van der Waals surface area contributed by atoms with Gasteiger partial charge in [-0.3, -0.25) is 9.78 Å². The summed E-state index contributed by atoms with van der Waals surface area (Å²) < 4.78 is 14.7. The summed E-state index contributed by atoms with van der Waals surface area (Å²) in [5.41, 5.74) is 2.64. The number of pyridine rings is 1. The Balaban J connectivity index is 1.74. The molecule has 4 aromatic rings. The van der Waals surface area contributed by atoms with E-state index in [9.17, 15) is 9.18 Å². The molecule has 0 saturated heterocycles. The van der Waals surface area contributed by atoms with E-state index in [1.54, 1.807) is 42.7 Å². The Kier molecular flexibility index (Phi) is 5.54. The topological polar surface area (TPSA) is 72.7 Å². The Bertz CT molecular complexity index is 1180. The van der Waals surface area contributed by atoms with Crippen LogP contribution in [0.2, 0.25) is 5.02 Å². The minimum Gasteiger partial charge on any atom is -0.344 e. The van der Waals surface area contributed by atoms with E-state index in [1.807, 2.05) is 25.1 Å². The molecule has 1 atom stereocenters. The van der Waals surface area contributed by atoms with Crippen LogP contribution >= 0.6 is 11.6 Å². The summed E-state index contributed by atoms with van der Waals surface area (Å²) in [6.45, 7) is 1.81. The van der Waals surface area contributed by atoms with Crippen LogP contribution in [0.5, 0.6) is 0 Å². The second-order valence-corrected chi connectivity index (χ2v) is 7.05. The third-order valence-corrected chi connectivity index (χ3v) is 4.94. The van der Waals surface area contributed by atoms with Gasteiger partial charge in [-0.25, -0.2) is 9.07 Å². The molecule has 0 radical (unpaired) electrons. The van der Waals surface area contributed by atoms with Crippen molar-refractivity contribution in [3.8, 4) is 16.9 Å². The number of hydrogen-bond donors (Lipinski definition) is 1. The van der Waals surface area contributed by atoms with E-state index < -0.39 is 5.91 Å². The minimum absolute atomic E-state index is 0.136. The molecule has 4 rings (SSSR count). The number of nitrogens with one attached hydrogen (secondary N) is 1. The smallest absolute Gasteiger partial charge is 0.274 e. The molecular formula is C22H17ClFN5O. The summed E-state index contributed by atoms with van der Waals surface area (Å²) in [6.07, 6.45) is 3.27. The van der Waals surface area contributed by atoms with Crippen molar-refractivity contribution in [1.29, 1.82) is 0 Å². The predicted octanol–water partition coefficient (Wildman–Crippen LogP) is 4.61. The number of nitrogens with zero attached hydrogens (tertiary/aromatic N) is 4. The Morgan fingerprint density at radius 1 is 1.10 bits per heavy atom. The minimum atomic E-state index is -0.413. The van der Waals surface area contributed by atoms with Gasteiger partial charge in [0.25, 0.3) is 5.91 Å². The van der Waals surface area contributed by atoms with Crippen LogP contribution in [0.3, 0.4) is 0 Å². The van der Waals surface area contributed by atoms with Gasteiger partial charge in [0, 0.05) is 18.0 Å². The molecule has 0 unspecified atom stereocenters. The lowest BCUT2D eigenvalue weighted by molar-refractivity contribution is 0.0935. The van der Waals surface area contributed by atoms with Gasteiger partial charge in [0.1, 0.15) is 11.5 Å². The molecule has 1 N–H and O–H groups in total. The van der Waals surface area contributed by atoms with E-state index >= 15 is 0 Å². The van der Waals surface area contributed by atoms with E-state index in [2.05, 4.69) is 20.6 Å². The van der Waals surface area contributed by atoms with E-state index in [-0.39, 0.29) is 17.6 Å². The lowest BCUT2D eigenvalue weighted by Gasteiger charge is -2.14. The van der Waals surface area contributed by atoms with Gasteiger partial charge in [-0.05, 0) is 48.9 Å². The molecule has 0 fully saturated rings. The molecule has 30 heavy (non-hydrogen) atoms. The van der Waals surface area contributed by atoms with Crippen molar-refractivity contribution in [2.75, 3.05) is 0 Å². The number of para-hydroxylation sites is 1. The molecule has 8 heteroatoms. The molecule has 0 bridgehead atoms. The van der Waals surface area contributed by atoms with Crippen LogP contribution in [0.1, 0.15) is 29.0 Å². The monoisotopic (exact) mass is 421 g/mol. The number of benzene rings is 2. The van der Waals surface area contributed by atoms with Gasteiger partial charge in [-0.15, -0.1) is 5.10 Å². The van der Waals surface area contributed by atoms with Gasteiger partial charge in [-0.1, -0.05) is 41.1 Å². The predicted molar refractivity (Wildman–Crippen MR) is 112 cm³/mol. The van der Waals surface area contributed by atoms with Gasteiger partial charge in [0.2, 0.25) is 0 Å². The molecule has 0 aliphatic rings. The number of carbonyl (C=O) groups is 1. The lowest BCUT2D eigenvalue weighted by atomic mass is 10.1. The van der Waals surface area contributed by atoms with Crippen molar-refractivity contribution in [2.24, 2.45) is 0 Å². The van der Waals surface area contributed by atoms with E-state index in [1.165, 1.54) is 16.8 Å². The molecule has 0 aliphatic carbocycles. The van der Waals surface area contributed by atoms with Gasteiger partial charge in [-0.2, -0.15) is 0 Å². The van der Waals surface area contributed by atoms with Crippen LogP contribution in [-0.4, -0.2) is 25.9 Å². The fourth-order valence-corrected chi connectivity index (χ4v) is 3.30. The first-order chi connectivity index (χ1) is 14.5. The Hall–Kier alpha value is -3.58. The molecule has 0 spiro atoms. The van der Waals surface area contributed by atoms with Crippen molar-refractivity contribution in [1.82, 2.24) is 25.3 Å². The fourth-order valence-electron chi connectivity index (χ4n) is 3.09. The second kappa shape index (κ2) is 8.42.